The molecular weight excluding hydrogens is 228 g/mol. The first-order valence-electron chi connectivity index (χ1n) is 6.08. The predicted octanol–water partition coefficient (Wildman–Crippen LogP) is 1.34. The van der Waals surface area contributed by atoms with Crippen LogP contribution in [0.3, 0.4) is 0 Å². The molecule has 1 aliphatic rings. The van der Waals surface area contributed by atoms with Gasteiger partial charge >= 0.3 is 0 Å². The molecule has 1 aliphatic heterocycles. The number of pyridine rings is 1. The van der Waals surface area contributed by atoms with Gasteiger partial charge in [-0.05, 0) is 19.2 Å². The van der Waals surface area contributed by atoms with E-state index in [-0.39, 0.29) is 6.04 Å². The number of aromatic nitrogens is 3. The van der Waals surface area contributed by atoms with Gasteiger partial charge in [0.1, 0.15) is 6.61 Å². The van der Waals surface area contributed by atoms with E-state index >= 15 is 0 Å². The summed E-state index contributed by atoms with van der Waals surface area (Å²) < 4.78 is 7.78. The standard InChI is InChI=1S/C13H16N4O/c1-16-8-11-5-7-15-17(11)12(9-16)10-18-13-4-2-3-6-14-13/h2-7,12H,8-10H2,1H3/t12-/m1/s1. The molecule has 0 aliphatic carbocycles. The topological polar surface area (TPSA) is 43.2 Å². The van der Waals surface area contributed by atoms with Crippen molar-refractivity contribution >= 4 is 0 Å². The minimum absolute atomic E-state index is 0.246. The first kappa shape index (κ1) is 11.2. The highest BCUT2D eigenvalue weighted by Crippen LogP contribution is 2.19. The maximum absolute atomic E-state index is 5.72. The number of likely N-dealkylation sites (N-methyl/N-ethyl adjacent to an activating group) is 1. The van der Waals surface area contributed by atoms with Crippen molar-refractivity contribution in [3.63, 3.8) is 0 Å². The number of fused-ring (bicyclic) bond motifs is 1. The molecular formula is C13H16N4O. The molecule has 0 spiro atoms. The second-order valence-corrected chi connectivity index (χ2v) is 4.60. The number of rotatable bonds is 3. The fraction of sp³-hybridized carbons (Fsp3) is 0.385. The lowest BCUT2D eigenvalue weighted by Gasteiger charge is -2.31. The van der Waals surface area contributed by atoms with E-state index in [1.54, 1.807) is 6.20 Å². The molecule has 5 heteroatoms. The summed E-state index contributed by atoms with van der Waals surface area (Å²) in [5.41, 5.74) is 1.23. The van der Waals surface area contributed by atoms with Crippen LogP contribution in [0.5, 0.6) is 5.88 Å². The molecule has 5 nitrogen and oxygen atoms in total. The van der Waals surface area contributed by atoms with Crippen molar-refractivity contribution < 1.29 is 4.74 Å². The van der Waals surface area contributed by atoms with Crippen LogP contribution < -0.4 is 4.74 Å². The third-order valence-electron chi connectivity index (χ3n) is 3.11. The molecule has 18 heavy (non-hydrogen) atoms. The van der Waals surface area contributed by atoms with Gasteiger partial charge in [0.2, 0.25) is 5.88 Å². The van der Waals surface area contributed by atoms with Crippen molar-refractivity contribution in [2.45, 2.75) is 12.6 Å². The van der Waals surface area contributed by atoms with Gasteiger partial charge in [-0.15, -0.1) is 0 Å². The van der Waals surface area contributed by atoms with Gasteiger partial charge in [0.05, 0.1) is 11.7 Å². The Kier molecular flexibility index (Phi) is 2.98. The molecule has 0 radical (unpaired) electrons. The Morgan fingerprint density at radius 1 is 1.33 bits per heavy atom. The number of ether oxygens (including phenoxy) is 1. The Bertz CT molecular complexity index is 511. The van der Waals surface area contributed by atoms with Crippen molar-refractivity contribution in [3.8, 4) is 5.88 Å². The Morgan fingerprint density at radius 2 is 2.28 bits per heavy atom. The van der Waals surface area contributed by atoms with Crippen molar-refractivity contribution in [1.82, 2.24) is 19.7 Å². The average molecular weight is 244 g/mol. The highest BCUT2D eigenvalue weighted by molar-refractivity contribution is 5.10. The summed E-state index contributed by atoms with van der Waals surface area (Å²) in [4.78, 5) is 6.44. The summed E-state index contributed by atoms with van der Waals surface area (Å²) in [5.74, 6) is 0.666. The molecule has 2 aromatic rings. The van der Waals surface area contributed by atoms with E-state index in [4.69, 9.17) is 4.74 Å². The minimum Gasteiger partial charge on any atom is -0.475 e. The molecule has 94 valence electrons. The van der Waals surface area contributed by atoms with E-state index in [1.807, 2.05) is 24.4 Å². The van der Waals surface area contributed by atoms with Crippen molar-refractivity contribution in [1.29, 1.82) is 0 Å². The summed E-state index contributed by atoms with van der Waals surface area (Å²) in [6, 6.07) is 7.98. The molecule has 3 rings (SSSR count). The second-order valence-electron chi connectivity index (χ2n) is 4.60. The molecule has 0 fully saturated rings. The van der Waals surface area contributed by atoms with Crippen LogP contribution in [0.2, 0.25) is 0 Å². The zero-order valence-corrected chi connectivity index (χ0v) is 10.4. The number of hydrogen-bond acceptors (Lipinski definition) is 4. The highest BCUT2D eigenvalue weighted by atomic mass is 16.5. The Morgan fingerprint density at radius 3 is 3.11 bits per heavy atom. The minimum atomic E-state index is 0.246. The zero-order chi connectivity index (χ0) is 12.4. The van der Waals surface area contributed by atoms with Crippen LogP contribution in [-0.4, -0.2) is 39.9 Å². The monoisotopic (exact) mass is 244 g/mol. The van der Waals surface area contributed by atoms with Crippen molar-refractivity contribution in [2.24, 2.45) is 0 Å². The van der Waals surface area contributed by atoms with Gasteiger partial charge in [-0.1, -0.05) is 6.07 Å². The zero-order valence-electron chi connectivity index (χ0n) is 10.4. The second kappa shape index (κ2) is 4.78. The Balaban J connectivity index is 1.71. The van der Waals surface area contributed by atoms with Crippen molar-refractivity contribution in [2.75, 3.05) is 20.2 Å². The number of nitrogens with zero attached hydrogens (tertiary/aromatic N) is 4. The summed E-state index contributed by atoms with van der Waals surface area (Å²) in [6.07, 6.45) is 3.59. The Hall–Kier alpha value is -1.88. The number of hydrogen-bond donors (Lipinski definition) is 0. The molecule has 0 amide bonds. The SMILES string of the molecule is CN1Cc2ccnn2[C@@H](COc2ccccn2)C1. The molecule has 3 heterocycles. The molecule has 0 unspecified atom stereocenters. The van der Waals surface area contributed by atoms with Crippen LogP contribution in [0.1, 0.15) is 11.7 Å². The fourth-order valence-electron chi connectivity index (χ4n) is 2.31. The maximum Gasteiger partial charge on any atom is 0.213 e. The van der Waals surface area contributed by atoms with E-state index in [2.05, 4.69) is 32.8 Å². The lowest BCUT2D eigenvalue weighted by atomic mass is 10.2. The summed E-state index contributed by atoms with van der Waals surface area (Å²) in [6.45, 7) is 2.48. The van der Waals surface area contributed by atoms with E-state index in [0.29, 0.717) is 12.5 Å². The highest BCUT2D eigenvalue weighted by Gasteiger charge is 2.23. The normalized spacial score (nSPS) is 19.5. The van der Waals surface area contributed by atoms with Crippen LogP contribution in [0, 0.1) is 0 Å². The van der Waals surface area contributed by atoms with E-state index in [1.165, 1.54) is 5.69 Å². The quantitative estimate of drug-likeness (QED) is 0.817. The molecule has 0 bridgehead atoms. The third-order valence-corrected chi connectivity index (χ3v) is 3.11. The lowest BCUT2D eigenvalue weighted by Crippen LogP contribution is -2.37. The molecule has 1 atom stereocenters. The van der Waals surface area contributed by atoms with Crippen LogP contribution >= 0.6 is 0 Å². The third kappa shape index (κ3) is 2.22. The Labute approximate surface area is 106 Å². The lowest BCUT2D eigenvalue weighted by molar-refractivity contribution is 0.150. The van der Waals surface area contributed by atoms with Crippen LogP contribution in [0.25, 0.3) is 0 Å². The first-order chi connectivity index (χ1) is 8.83. The van der Waals surface area contributed by atoms with Gasteiger partial charge in [0.25, 0.3) is 0 Å². The van der Waals surface area contributed by atoms with Gasteiger partial charge in [0.15, 0.2) is 0 Å². The first-order valence-corrected chi connectivity index (χ1v) is 6.08. The molecule has 2 aromatic heterocycles. The van der Waals surface area contributed by atoms with Crippen molar-refractivity contribution in [3.05, 3.63) is 42.4 Å². The summed E-state index contributed by atoms with van der Waals surface area (Å²) in [7, 11) is 2.12. The van der Waals surface area contributed by atoms with E-state index in [9.17, 15) is 0 Å². The predicted molar refractivity (Wildman–Crippen MR) is 67.3 cm³/mol. The van der Waals surface area contributed by atoms with Gasteiger partial charge in [-0.25, -0.2) is 4.98 Å². The molecule has 0 aromatic carbocycles. The maximum atomic E-state index is 5.72. The fourth-order valence-corrected chi connectivity index (χ4v) is 2.31. The van der Waals surface area contributed by atoms with Gasteiger partial charge in [-0.3, -0.25) is 9.58 Å². The summed E-state index contributed by atoms with van der Waals surface area (Å²) >= 11 is 0. The molecule has 0 N–H and O–H groups in total. The smallest absolute Gasteiger partial charge is 0.213 e. The van der Waals surface area contributed by atoms with Crippen LogP contribution in [0.15, 0.2) is 36.7 Å². The molecule has 0 saturated heterocycles. The van der Waals surface area contributed by atoms with Crippen LogP contribution in [0.4, 0.5) is 0 Å². The van der Waals surface area contributed by atoms with E-state index in [0.717, 1.165) is 13.1 Å². The largest absolute Gasteiger partial charge is 0.475 e. The van der Waals surface area contributed by atoms with Gasteiger partial charge in [0, 0.05) is 31.5 Å². The van der Waals surface area contributed by atoms with E-state index < -0.39 is 0 Å². The summed E-state index contributed by atoms with van der Waals surface area (Å²) in [5, 5.41) is 4.37. The molecule has 0 saturated carbocycles. The average Bonchev–Trinajstić information content (AvgIpc) is 2.85. The van der Waals surface area contributed by atoms with Crippen LogP contribution in [-0.2, 0) is 6.54 Å². The van der Waals surface area contributed by atoms with Gasteiger partial charge in [-0.2, -0.15) is 5.10 Å². The van der Waals surface area contributed by atoms with Gasteiger partial charge < -0.3 is 4.74 Å².